The summed E-state index contributed by atoms with van der Waals surface area (Å²) in [6.07, 6.45) is 9.87. The van der Waals surface area contributed by atoms with Gasteiger partial charge >= 0.3 is 0 Å². The summed E-state index contributed by atoms with van der Waals surface area (Å²) in [5.41, 5.74) is 1.30. The minimum Gasteiger partial charge on any atom is -0.282 e. The molecular formula is C16H28N2. The molecular weight excluding hydrogens is 220 g/mol. The summed E-state index contributed by atoms with van der Waals surface area (Å²) in [6, 6.07) is 0. The summed E-state index contributed by atoms with van der Waals surface area (Å²) in [5, 5.41) is 0. The zero-order valence-electron chi connectivity index (χ0n) is 12.4. The molecule has 0 aliphatic heterocycles. The second-order valence-corrected chi connectivity index (χ2v) is 4.67. The van der Waals surface area contributed by atoms with E-state index in [1.54, 1.807) is 0 Å². The van der Waals surface area contributed by atoms with Gasteiger partial charge in [-0.1, -0.05) is 52.5 Å². The van der Waals surface area contributed by atoms with E-state index < -0.39 is 0 Å². The molecule has 0 spiro atoms. The van der Waals surface area contributed by atoms with E-state index in [4.69, 9.17) is 0 Å². The van der Waals surface area contributed by atoms with Gasteiger partial charge in [0.15, 0.2) is 0 Å². The molecule has 0 saturated heterocycles. The molecule has 2 nitrogen and oxygen atoms in total. The molecule has 18 heavy (non-hydrogen) atoms. The summed E-state index contributed by atoms with van der Waals surface area (Å²) in [4.78, 5) is 5.10. The first kappa shape index (κ1) is 15.2. The highest BCUT2D eigenvalue weighted by atomic mass is 15.4. The fraction of sp³-hybridized carbons (Fsp3) is 0.625. The van der Waals surface area contributed by atoms with Crippen LogP contribution in [0, 0.1) is 0 Å². The quantitative estimate of drug-likeness (QED) is 0.637. The van der Waals surface area contributed by atoms with Crippen LogP contribution in [-0.4, -0.2) is 41.6 Å². The summed E-state index contributed by atoms with van der Waals surface area (Å²) < 4.78 is 0. The largest absolute Gasteiger partial charge is 0.282 e. The number of hydrogen-bond donors (Lipinski definition) is 0. The van der Waals surface area contributed by atoms with E-state index in [-0.39, 0.29) is 5.66 Å². The Bertz CT molecular complexity index is 308. The molecule has 0 amide bonds. The normalized spacial score (nSPS) is 18.2. The smallest absolute Gasteiger partial charge is 0.0968 e. The molecule has 0 atom stereocenters. The second-order valence-electron chi connectivity index (χ2n) is 4.67. The van der Waals surface area contributed by atoms with Gasteiger partial charge in [-0.2, -0.15) is 0 Å². The third kappa shape index (κ3) is 2.76. The molecule has 0 N–H and O–H groups in total. The first-order chi connectivity index (χ1) is 8.68. The van der Waals surface area contributed by atoms with Crippen molar-refractivity contribution in [3.8, 4) is 0 Å². The number of nitrogens with zero attached hydrogens (tertiary/aromatic N) is 2. The number of rotatable bonds is 7. The van der Waals surface area contributed by atoms with Gasteiger partial charge in [0.2, 0.25) is 0 Å². The fourth-order valence-electron chi connectivity index (χ4n) is 3.00. The zero-order chi connectivity index (χ0) is 13.6. The van der Waals surface area contributed by atoms with E-state index in [1.165, 1.54) is 5.57 Å². The van der Waals surface area contributed by atoms with E-state index in [0.717, 1.165) is 32.6 Å². The molecule has 102 valence electrons. The van der Waals surface area contributed by atoms with Gasteiger partial charge in [-0.05, 0) is 37.8 Å². The first-order valence-corrected chi connectivity index (χ1v) is 7.20. The van der Waals surface area contributed by atoms with Crippen molar-refractivity contribution >= 4 is 0 Å². The highest BCUT2D eigenvalue weighted by Crippen LogP contribution is 2.31. The number of allylic oxidation sites excluding steroid dienone is 3. The van der Waals surface area contributed by atoms with Crippen LogP contribution < -0.4 is 0 Å². The lowest BCUT2D eigenvalue weighted by molar-refractivity contribution is -0.00974. The predicted octanol–water partition coefficient (Wildman–Crippen LogP) is 3.44. The van der Waals surface area contributed by atoms with Gasteiger partial charge in [-0.15, -0.1) is 0 Å². The lowest BCUT2D eigenvalue weighted by atomic mass is 9.92. The Balaban J connectivity index is 3.08. The zero-order valence-corrected chi connectivity index (χ0v) is 12.4. The highest BCUT2D eigenvalue weighted by molar-refractivity contribution is 5.36. The van der Waals surface area contributed by atoms with Crippen LogP contribution in [0.2, 0.25) is 0 Å². The topological polar surface area (TPSA) is 6.48 Å². The first-order valence-electron chi connectivity index (χ1n) is 7.20. The van der Waals surface area contributed by atoms with Crippen LogP contribution in [0.15, 0.2) is 36.5 Å². The molecule has 1 aliphatic carbocycles. The van der Waals surface area contributed by atoms with Crippen LogP contribution in [0.3, 0.4) is 0 Å². The third-order valence-corrected chi connectivity index (χ3v) is 4.04. The third-order valence-electron chi connectivity index (χ3n) is 4.04. The summed E-state index contributed by atoms with van der Waals surface area (Å²) in [6.45, 7) is 17.1. The molecule has 0 aromatic heterocycles. The monoisotopic (exact) mass is 248 g/mol. The average Bonchev–Trinajstić information content (AvgIpc) is 2.42. The van der Waals surface area contributed by atoms with Crippen molar-refractivity contribution in [1.29, 1.82) is 0 Å². The average molecular weight is 248 g/mol. The summed E-state index contributed by atoms with van der Waals surface area (Å²) in [7, 11) is 0. The lowest BCUT2D eigenvalue weighted by Crippen LogP contribution is -2.59. The van der Waals surface area contributed by atoms with Crippen LogP contribution in [0.1, 0.15) is 34.1 Å². The molecule has 2 heteroatoms. The maximum Gasteiger partial charge on any atom is 0.0968 e. The van der Waals surface area contributed by atoms with Crippen LogP contribution >= 0.6 is 0 Å². The molecule has 0 fully saturated rings. The van der Waals surface area contributed by atoms with E-state index in [0.29, 0.717) is 0 Å². The van der Waals surface area contributed by atoms with Crippen molar-refractivity contribution in [2.45, 2.75) is 39.8 Å². The Labute approximate surface area is 113 Å². The Kier molecular flexibility index (Phi) is 5.83. The van der Waals surface area contributed by atoms with Crippen LogP contribution in [0.25, 0.3) is 0 Å². The maximum absolute atomic E-state index is 3.86. The van der Waals surface area contributed by atoms with Crippen molar-refractivity contribution < 1.29 is 0 Å². The maximum atomic E-state index is 3.86. The Morgan fingerprint density at radius 1 is 1.11 bits per heavy atom. The molecule has 0 bridgehead atoms. The highest BCUT2D eigenvalue weighted by Gasteiger charge is 2.37. The van der Waals surface area contributed by atoms with Crippen LogP contribution in [0.4, 0.5) is 0 Å². The fourth-order valence-corrected chi connectivity index (χ4v) is 3.00. The molecule has 0 aromatic carbocycles. The van der Waals surface area contributed by atoms with E-state index in [2.05, 4.69) is 62.3 Å². The Hall–Kier alpha value is -0.860. The number of hydrogen-bond acceptors (Lipinski definition) is 2. The van der Waals surface area contributed by atoms with Crippen molar-refractivity contribution in [2.75, 3.05) is 26.2 Å². The SMILES string of the molecule is C=CC1=CCC(N(CC)CC)(N(CC)CC)C=C1. The molecule has 0 radical (unpaired) electrons. The van der Waals surface area contributed by atoms with Crippen molar-refractivity contribution in [3.63, 3.8) is 0 Å². The van der Waals surface area contributed by atoms with Gasteiger partial charge in [0, 0.05) is 6.42 Å². The Morgan fingerprint density at radius 2 is 1.61 bits per heavy atom. The molecule has 0 saturated carbocycles. The van der Waals surface area contributed by atoms with Crippen molar-refractivity contribution in [2.24, 2.45) is 0 Å². The van der Waals surface area contributed by atoms with Crippen LogP contribution in [-0.2, 0) is 0 Å². The van der Waals surface area contributed by atoms with Gasteiger partial charge in [0.25, 0.3) is 0 Å². The minimum absolute atomic E-state index is 0.0551. The second kappa shape index (κ2) is 6.91. The van der Waals surface area contributed by atoms with Crippen molar-refractivity contribution in [1.82, 2.24) is 9.80 Å². The molecule has 1 rings (SSSR count). The summed E-state index contributed by atoms with van der Waals surface area (Å²) in [5.74, 6) is 0. The van der Waals surface area contributed by atoms with Crippen LogP contribution in [0.5, 0.6) is 0 Å². The van der Waals surface area contributed by atoms with Gasteiger partial charge < -0.3 is 0 Å². The van der Waals surface area contributed by atoms with E-state index in [1.807, 2.05) is 6.08 Å². The summed E-state index contributed by atoms with van der Waals surface area (Å²) >= 11 is 0. The van der Waals surface area contributed by atoms with E-state index >= 15 is 0 Å². The van der Waals surface area contributed by atoms with Gasteiger partial charge in [0.05, 0.1) is 5.66 Å². The van der Waals surface area contributed by atoms with Gasteiger partial charge in [-0.3, -0.25) is 9.80 Å². The minimum atomic E-state index is 0.0551. The van der Waals surface area contributed by atoms with Gasteiger partial charge in [-0.25, -0.2) is 0 Å². The van der Waals surface area contributed by atoms with E-state index in [9.17, 15) is 0 Å². The number of likely N-dealkylation sites (N-methyl/N-ethyl adjacent to an activating group) is 2. The lowest BCUT2D eigenvalue weighted by Gasteiger charge is -2.49. The predicted molar refractivity (Wildman–Crippen MR) is 80.6 cm³/mol. The van der Waals surface area contributed by atoms with Gasteiger partial charge in [0.1, 0.15) is 0 Å². The van der Waals surface area contributed by atoms with Crippen molar-refractivity contribution in [3.05, 3.63) is 36.5 Å². The molecule has 0 unspecified atom stereocenters. The standard InChI is InChI=1S/C16H28N2/c1-6-15-11-13-16(14-12-15,17(7-2)8-3)18(9-4)10-5/h6,11-13H,1,7-10,14H2,2-5H3. The Morgan fingerprint density at radius 3 is 1.89 bits per heavy atom. The molecule has 1 aliphatic rings. The molecule has 0 aromatic rings. The molecule has 0 heterocycles.